The van der Waals surface area contributed by atoms with E-state index in [-0.39, 0.29) is 6.61 Å². The molecule has 0 bridgehead atoms. The van der Waals surface area contributed by atoms with E-state index in [0.29, 0.717) is 19.0 Å². The average molecular weight is 379 g/mol. The maximum atomic E-state index is 9.01. The summed E-state index contributed by atoms with van der Waals surface area (Å²) in [6, 6.07) is 2.32. The first-order valence-electron chi connectivity index (χ1n) is 9.72. The second-order valence-electron chi connectivity index (χ2n) is 7.05. The third-order valence-electron chi connectivity index (χ3n) is 4.90. The third kappa shape index (κ3) is 3.55. The summed E-state index contributed by atoms with van der Waals surface area (Å²) in [5.74, 6) is 0. The molecule has 4 aromatic heterocycles. The van der Waals surface area contributed by atoms with Crippen LogP contribution in [0.4, 0.5) is 0 Å². The topological polar surface area (TPSA) is 86.1 Å². The lowest BCUT2D eigenvalue weighted by molar-refractivity contribution is 0.277. The second kappa shape index (κ2) is 7.93. The van der Waals surface area contributed by atoms with Gasteiger partial charge in [-0.2, -0.15) is 15.3 Å². The number of aliphatic hydroxyl groups excluding tert-OH is 1. The molecule has 1 atom stereocenters. The maximum Gasteiger partial charge on any atom is 0.0999 e. The molecular weight excluding hydrogens is 354 g/mol. The minimum absolute atomic E-state index is 0.150. The van der Waals surface area contributed by atoms with Crippen LogP contribution in [0.15, 0.2) is 43.2 Å². The van der Waals surface area contributed by atoms with Gasteiger partial charge in [0.1, 0.15) is 0 Å². The highest BCUT2D eigenvalue weighted by atomic mass is 16.3. The molecule has 8 heteroatoms. The van der Waals surface area contributed by atoms with Crippen molar-refractivity contribution in [2.75, 3.05) is 6.61 Å². The number of rotatable bonds is 8. The molecule has 0 radical (unpaired) electrons. The molecule has 0 fully saturated rings. The van der Waals surface area contributed by atoms with Gasteiger partial charge in [0.05, 0.1) is 41.7 Å². The highest BCUT2D eigenvalue weighted by Crippen LogP contribution is 2.27. The van der Waals surface area contributed by atoms with Crippen LogP contribution >= 0.6 is 0 Å². The molecule has 0 spiro atoms. The lowest BCUT2D eigenvalue weighted by Gasteiger charge is -2.10. The number of fused-ring (bicyclic) bond motifs is 1. The predicted molar refractivity (Wildman–Crippen MR) is 107 cm³/mol. The van der Waals surface area contributed by atoms with Gasteiger partial charge in [-0.15, -0.1) is 0 Å². The molecule has 146 valence electrons. The van der Waals surface area contributed by atoms with E-state index in [4.69, 9.17) is 10.1 Å². The van der Waals surface area contributed by atoms with Crippen molar-refractivity contribution in [3.05, 3.63) is 43.2 Å². The van der Waals surface area contributed by atoms with Crippen molar-refractivity contribution in [2.45, 2.75) is 45.7 Å². The Morgan fingerprint density at radius 1 is 1.07 bits per heavy atom. The number of hydrogen-bond acceptors (Lipinski definition) is 5. The number of aryl methyl sites for hydroxylation is 1. The smallest absolute Gasteiger partial charge is 0.0999 e. The van der Waals surface area contributed by atoms with Crippen molar-refractivity contribution in [1.82, 2.24) is 34.2 Å². The quantitative estimate of drug-likeness (QED) is 0.508. The Kier molecular flexibility index (Phi) is 5.21. The van der Waals surface area contributed by atoms with Crippen LogP contribution in [0.5, 0.6) is 0 Å². The van der Waals surface area contributed by atoms with Crippen molar-refractivity contribution >= 4 is 5.52 Å². The molecule has 4 rings (SSSR count). The first kappa shape index (κ1) is 18.4. The van der Waals surface area contributed by atoms with E-state index >= 15 is 0 Å². The van der Waals surface area contributed by atoms with Crippen LogP contribution in [0.3, 0.4) is 0 Å². The minimum atomic E-state index is 0.150. The first-order valence-corrected chi connectivity index (χ1v) is 9.72. The predicted octanol–water partition coefficient (Wildman–Crippen LogP) is 3.20. The fraction of sp³-hybridized carbons (Fsp3) is 0.400. The van der Waals surface area contributed by atoms with Crippen molar-refractivity contribution < 1.29 is 5.11 Å². The zero-order valence-electron chi connectivity index (χ0n) is 16.2. The highest BCUT2D eigenvalue weighted by Gasteiger charge is 2.15. The summed E-state index contributed by atoms with van der Waals surface area (Å²) in [5, 5.41) is 22.3. The summed E-state index contributed by atoms with van der Waals surface area (Å²) in [4.78, 5) is 4.91. The lowest BCUT2D eigenvalue weighted by Crippen LogP contribution is -2.04. The van der Waals surface area contributed by atoms with E-state index < -0.39 is 0 Å². The Morgan fingerprint density at radius 3 is 2.75 bits per heavy atom. The molecule has 0 aliphatic rings. The van der Waals surface area contributed by atoms with Gasteiger partial charge >= 0.3 is 0 Å². The van der Waals surface area contributed by atoms with Crippen molar-refractivity contribution in [1.29, 1.82) is 0 Å². The molecule has 28 heavy (non-hydrogen) atoms. The molecular formula is C20H25N7O. The summed E-state index contributed by atoms with van der Waals surface area (Å²) < 4.78 is 5.67. The van der Waals surface area contributed by atoms with Crippen LogP contribution in [0, 0.1) is 0 Å². The van der Waals surface area contributed by atoms with Gasteiger partial charge in [0.15, 0.2) is 0 Å². The van der Waals surface area contributed by atoms with Gasteiger partial charge in [-0.25, -0.2) is 9.50 Å². The SMILES string of the molecule is CCCC(C)n1cc(-c2nc(-c3cnn(CCCO)c3)cn3nccc23)cn1. The molecule has 0 aliphatic carbocycles. The molecule has 4 heterocycles. The normalized spacial score (nSPS) is 12.7. The molecule has 4 aromatic rings. The van der Waals surface area contributed by atoms with E-state index in [0.717, 1.165) is 40.9 Å². The van der Waals surface area contributed by atoms with Gasteiger partial charge in [0.2, 0.25) is 0 Å². The second-order valence-corrected chi connectivity index (χ2v) is 7.05. The first-order chi connectivity index (χ1) is 13.7. The third-order valence-corrected chi connectivity index (χ3v) is 4.90. The van der Waals surface area contributed by atoms with Gasteiger partial charge < -0.3 is 5.11 Å². The summed E-state index contributed by atoms with van der Waals surface area (Å²) in [6.45, 7) is 5.19. The molecule has 0 aliphatic heterocycles. The average Bonchev–Trinajstić information content (AvgIpc) is 3.45. The highest BCUT2D eigenvalue weighted by molar-refractivity contribution is 5.78. The van der Waals surface area contributed by atoms with E-state index in [2.05, 4.69) is 35.3 Å². The van der Waals surface area contributed by atoms with Crippen LogP contribution in [-0.4, -0.2) is 45.9 Å². The van der Waals surface area contributed by atoms with Gasteiger partial charge in [-0.1, -0.05) is 13.3 Å². The lowest BCUT2D eigenvalue weighted by atomic mass is 10.2. The number of nitrogens with zero attached hydrogens (tertiary/aromatic N) is 7. The van der Waals surface area contributed by atoms with Gasteiger partial charge in [-0.3, -0.25) is 9.36 Å². The van der Waals surface area contributed by atoms with Crippen molar-refractivity contribution in [2.24, 2.45) is 0 Å². The minimum Gasteiger partial charge on any atom is -0.396 e. The Hall–Kier alpha value is -3.00. The van der Waals surface area contributed by atoms with E-state index in [1.165, 1.54) is 0 Å². The molecule has 0 saturated heterocycles. The van der Waals surface area contributed by atoms with Gasteiger partial charge in [0.25, 0.3) is 0 Å². The summed E-state index contributed by atoms with van der Waals surface area (Å²) in [7, 11) is 0. The van der Waals surface area contributed by atoms with Gasteiger partial charge in [-0.05, 0) is 25.8 Å². The zero-order valence-corrected chi connectivity index (χ0v) is 16.2. The monoisotopic (exact) mass is 379 g/mol. The summed E-state index contributed by atoms with van der Waals surface area (Å²) >= 11 is 0. The Labute approximate surface area is 163 Å². The molecule has 1 unspecified atom stereocenters. The molecule has 0 amide bonds. The Morgan fingerprint density at radius 2 is 1.93 bits per heavy atom. The Balaban J connectivity index is 1.73. The summed E-state index contributed by atoms with van der Waals surface area (Å²) in [6.07, 6.45) is 14.2. The fourth-order valence-electron chi connectivity index (χ4n) is 3.38. The fourth-order valence-corrected chi connectivity index (χ4v) is 3.38. The van der Waals surface area contributed by atoms with E-state index in [1.807, 2.05) is 38.5 Å². The van der Waals surface area contributed by atoms with Gasteiger partial charge in [0, 0.05) is 42.7 Å². The largest absolute Gasteiger partial charge is 0.396 e. The van der Waals surface area contributed by atoms with Crippen molar-refractivity contribution in [3.8, 4) is 22.5 Å². The van der Waals surface area contributed by atoms with Crippen LogP contribution in [0.2, 0.25) is 0 Å². The van der Waals surface area contributed by atoms with Crippen LogP contribution in [0.1, 0.15) is 39.2 Å². The molecule has 8 nitrogen and oxygen atoms in total. The van der Waals surface area contributed by atoms with Crippen LogP contribution in [0.25, 0.3) is 28.0 Å². The number of hydrogen-bond donors (Lipinski definition) is 1. The standard InChI is InChI=1S/C20H25N7O/c1-3-5-15(2)26-13-17(11-23-26)20-19-6-7-21-27(19)14-18(24-20)16-10-22-25(12-16)8-4-9-28/h6-7,10-15,28H,3-5,8-9H2,1-2H3. The molecule has 0 saturated carbocycles. The van der Waals surface area contributed by atoms with Crippen LogP contribution < -0.4 is 0 Å². The van der Waals surface area contributed by atoms with E-state index in [1.54, 1.807) is 12.4 Å². The molecule has 1 N–H and O–H groups in total. The summed E-state index contributed by atoms with van der Waals surface area (Å²) in [5.41, 5.74) is 4.49. The van der Waals surface area contributed by atoms with Crippen LogP contribution in [-0.2, 0) is 6.54 Å². The van der Waals surface area contributed by atoms with Crippen molar-refractivity contribution in [3.63, 3.8) is 0 Å². The number of aromatic nitrogens is 7. The Bertz CT molecular complexity index is 1060. The van der Waals surface area contributed by atoms with E-state index in [9.17, 15) is 0 Å². The zero-order chi connectivity index (χ0) is 19.5. The maximum absolute atomic E-state index is 9.01. The number of aliphatic hydroxyl groups is 1. The molecule has 0 aromatic carbocycles.